The molecule has 4 rings (SSSR count). The third-order valence-electron chi connectivity index (χ3n) is 5.89. The molecule has 1 atom stereocenters. The summed E-state index contributed by atoms with van der Waals surface area (Å²) >= 11 is 6.37. The number of nitrogens with zero attached hydrogens (tertiary/aromatic N) is 6. The number of nitrogen functional groups attached to an aromatic ring is 1. The molecule has 0 bridgehead atoms. The fraction of sp³-hybridized carbons (Fsp3) is 0.318. The van der Waals surface area contributed by atoms with Gasteiger partial charge in [0.15, 0.2) is 5.82 Å². The Morgan fingerprint density at radius 1 is 1.34 bits per heavy atom. The van der Waals surface area contributed by atoms with Gasteiger partial charge in [0.1, 0.15) is 23.5 Å². The van der Waals surface area contributed by atoms with Gasteiger partial charge in [0.25, 0.3) is 5.91 Å². The Hall–Kier alpha value is -3.64. The van der Waals surface area contributed by atoms with Crippen LogP contribution in [0.3, 0.4) is 0 Å². The van der Waals surface area contributed by atoms with Gasteiger partial charge >= 0.3 is 0 Å². The van der Waals surface area contributed by atoms with Crippen LogP contribution in [0.1, 0.15) is 33.3 Å². The molecule has 3 aromatic rings. The van der Waals surface area contributed by atoms with E-state index in [1.165, 1.54) is 13.3 Å². The molecule has 1 aliphatic heterocycles. The van der Waals surface area contributed by atoms with Gasteiger partial charge in [-0.25, -0.2) is 9.50 Å². The van der Waals surface area contributed by atoms with E-state index in [4.69, 9.17) is 17.3 Å². The molecule has 164 valence electrons. The van der Waals surface area contributed by atoms with Gasteiger partial charge in [-0.05, 0) is 39.0 Å². The molecule has 1 saturated heterocycles. The first-order chi connectivity index (χ1) is 15.1. The molecule has 1 fully saturated rings. The zero-order chi connectivity index (χ0) is 23.4. The lowest BCUT2D eigenvalue weighted by Crippen LogP contribution is -2.67. The Labute approximate surface area is 190 Å². The summed E-state index contributed by atoms with van der Waals surface area (Å²) in [5.41, 5.74) is 7.55. The minimum atomic E-state index is -1.05. The van der Waals surface area contributed by atoms with Crippen molar-refractivity contribution in [3.63, 3.8) is 0 Å². The summed E-state index contributed by atoms with van der Waals surface area (Å²) in [6.45, 7) is 7.09. The number of halogens is 1. The van der Waals surface area contributed by atoms with Crippen LogP contribution in [0.25, 0.3) is 16.8 Å². The predicted octanol–water partition coefficient (Wildman–Crippen LogP) is 2.87. The van der Waals surface area contributed by atoms with E-state index in [9.17, 15) is 14.9 Å². The van der Waals surface area contributed by atoms with E-state index in [0.29, 0.717) is 39.6 Å². The van der Waals surface area contributed by atoms with Crippen molar-refractivity contribution in [3.05, 3.63) is 41.2 Å². The van der Waals surface area contributed by atoms with Crippen molar-refractivity contribution in [1.82, 2.24) is 19.5 Å². The monoisotopic (exact) mass is 451 g/mol. The highest BCUT2D eigenvalue weighted by Gasteiger charge is 2.47. The second-order valence-electron chi connectivity index (χ2n) is 8.34. The minimum Gasteiger partial charge on any atom is -0.382 e. The Balaban J connectivity index is 1.88. The standard InChI is InChI=1S/C22H22ClN7O2/c1-12-10-28(13(2)31)22(3,4)21(32)29(12)17-7-14(5-6-15(17)9-24)18-8-16(23)19-20(25)26-11-27-30(18)19/h5-8,11-12H,10H2,1-4H3,(H2,25,26,27)/t12-/m1/s1. The van der Waals surface area contributed by atoms with Gasteiger partial charge in [-0.1, -0.05) is 17.7 Å². The minimum absolute atomic E-state index is 0.171. The van der Waals surface area contributed by atoms with Crippen LogP contribution in [-0.4, -0.2) is 49.4 Å². The van der Waals surface area contributed by atoms with E-state index in [2.05, 4.69) is 16.2 Å². The molecule has 0 radical (unpaired) electrons. The first kappa shape index (κ1) is 21.6. The van der Waals surface area contributed by atoms with E-state index >= 15 is 0 Å². The van der Waals surface area contributed by atoms with E-state index < -0.39 is 5.54 Å². The molecule has 0 unspecified atom stereocenters. The third kappa shape index (κ3) is 3.15. The van der Waals surface area contributed by atoms with E-state index in [1.54, 1.807) is 52.4 Å². The fourth-order valence-electron chi connectivity index (χ4n) is 4.27. The Morgan fingerprint density at radius 2 is 2.06 bits per heavy atom. The van der Waals surface area contributed by atoms with Crippen molar-refractivity contribution in [1.29, 1.82) is 5.26 Å². The predicted molar refractivity (Wildman–Crippen MR) is 121 cm³/mol. The summed E-state index contributed by atoms with van der Waals surface area (Å²) in [6.07, 6.45) is 1.34. The van der Waals surface area contributed by atoms with Crippen molar-refractivity contribution >= 4 is 40.4 Å². The molecule has 2 amide bonds. The van der Waals surface area contributed by atoms with Gasteiger partial charge in [-0.2, -0.15) is 10.4 Å². The number of amides is 2. The number of carbonyl (C=O) groups excluding carboxylic acids is 2. The number of hydrogen-bond acceptors (Lipinski definition) is 6. The average molecular weight is 452 g/mol. The molecule has 2 aromatic heterocycles. The molecular formula is C22H22ClN7O2. The normalized spacial score (nSPS) is 18.1. The molecule has 1 aliphatic rings. The van der Waals surface area contributed by atoms with Crippen LogP contribution < -0.4 is 10.6 Å². The third-order valence-corrected chi connectivity index (χ3v) is 6.18. The second kappa shape index (κ2) is 7.50. The topological polar surface area (TPSA) is 121 Å². The molecule has 1 aromatic carbocycles. The maximum Gasteiger partial charge on any atom is 0.252 e. The second-order valence-corrected chi connectivity index (χ2v) is 8.75. The Bertz CT molecular complexity index is 1310. The van der Waals surface area contributed by atoms with Crippen LogP contribution >= 0.6 is 11.6 Å². The molecule has 10 heteroatoms. The van der Waals surface area contributed by atoms with Gasteiger partial charge < -0.3 is 15.5 Å². The number of fused-ring (bicyclic) bond motifs is 1. The van der Waals surface area contributed by atoms with Crippen molar-refractivity contribution < 1.29 is 9.59 Å². The first-order valence-corrected chi connectivity index (χ1v) is 10.4. The molecule has 9 nitrogen and oxygen atoms in total. The number of hydrogen-bond donors (Lipinski definition) is 1. The number of piperazine rings is 1. The van der Waals surface area contributed by atoms with Crippen LogP contribution in [0.15, 0.2) is 30.6 Å². The lowest BCUT2D eigenvalue weighted by molar-refractivity contribution is -0.146. The van der Waals surface area contributed by atoms with Crippen LogP contribution in [0, 0.1) is 11.3 Å². The van der Waals surface area contributed by atoms with Gasteiger partial charge in [0.2, 0.25) is 5.91 Å². The van der Waals surface area contributed by atoms with Crippen molar-refractivity contribution in [2.24, 2.45) is 0 Å². The number of rotatable bonds is 2. The van der Waals surface area contributed by atoms with Crippen LogP contribution in [0.2, 0.25) is 5.02 Å². The summed E-state index contributed by atoms with van der Waals surface area (Å²) < 4.78 is 1.58. The lowest BCUT2D eigenvalue weighted by Gasteiger charge is -2.49. The van der Waals surface area contributed by atoms with Crippen LogP contribution in [0.4, 0.5) is 11.5 Å². The Morgan fingerprint density at radius 3 is 2.72 bits per heavy atom. The highest BCUT2D eigenvalue weighted by molar-refractivity contribution is 6.35. The SMILES string of the molecule is CC(=O)N1C[C@@H](C)N(c2cc(-c3cc(Cl)c4c(N)ncnn34)ccc2C#N)C(=O)C1(C)C. The number of nitriles is 1. The molecule has 2 N–H and O–H groups in total. The summed E-state index contributed by atoms with van der Waals surface area (Å²) in [5.74, 6) is -0.184. The summed E-state index contributed by atoms with van der Waals surface area (Å²) in [4.78, 5) is 32.8. The number of nitrogens with two attached hydrogens (primary N) is 1. The van der Waals surface area contributed by atoms with Crippen LogP contribution in [-0.2, 0) is 9.59 Å². The zero-order valence-electron chi connectivity index (χ0n) is 18.1. The average Bonchev–Trinajstić information content (AvgIpc) is 3.08. The number of benzene rings is 1. The van der Waals surface area contributed by atoms with Crippen molar-refractivity contribution in [2.75, 3.05) is 17.2 Å². The molecule has 0 saturated carbocycles. The highest BCUT2D eigenvalue weighted by atomic mass is 35.5. The largest absolute Gasteiger partial charge is 0.382 e. The summed E-state index contributed by atoms with van der Waals surface area (Å²) in [7, 11) is 0. The van der Waals surface area contributed by atoms with Gasteiger partial charge in [-0.15, -0.1) is 0 Å². The smallest absolute Gasteiger partial charge is 0.252 e. The van der Waals surface area contributed by atoms with Crippen molar-refractivity contribution in [3.8, 4) is 17.3 Å². The number of anilines is 2. The molecule has 3 heterocycles. The number of aromatic nitrogens is 3. The summed E-state index contributed by atoms with van der Waals surface area (Å²) in [6, 6.07) is 8.76. The van der Waals surface area contributed by atoms with Crippen molar-refractivity contribution in [2.45, 2.75) is 39.3 Å². The quantitative estimate of drug-likeness (QED) is 0.639. The zero-order valence-corrected chi connectivity index (χ0v) is 18.9. The molecule has 0 spiro atoms. The Kier molecular flexibility index (Phi) is 5.06. The molecule has 32 heavy (non-hydrogen) atoms. The maximum atomic E-state index is 13.5. The lowest BCUT2D eigenvalue weighted by atomic mass is 9.93. The van der Waals surface area contributed by atoms with Gasteiger partial charge in [-0.3, -0.25) is 9.59 Å². The van der Waals surface area contributed by atoms with E-state index in [1.807, 2.05) is 6.92 Å². The maximum absolute atomic E-state index is 13.5. The van der Waals surface area contributed by atoms with Gasteiger partial charge in [0, 0.05) is 19.0 Å². The van der Waals surface area contributed by atoms with Crippen LogP contribution in [0.5, 0.6) is 0 Å². The molecule has 0 aliphatic carbocycles. The van der Waals surface area contributed by atoms with E-state index in [0.717, 1.165) is 0 Å². The van der Waals surface area contributed by atoms with Gasteiger partial charge in [0.05, 0.1) is 28.0 Å². The fourth-order valence-corrected chi connectivity index (χ4v) is 4.55. The first-order valence-electron chi connectivity index (χ1n) is 10.0. The van der Waals surface area contributed by atoms with E-state index in [-0.39, 0.29) is 23.7 Å². The number of carbonyl (C=O) groups is 2. The summed E-state index contributed by atoms with van der Waals surface area (Å²) in [5, 5.41) is 14.4. The molecular weight excluding hydrogens is 430 g/mol. The highest BCUT2D eigenvalue weighted by Crippen LogP contribution is 2.37.